The van der Waals surface area contributed by atoms with Gasteiger partial charge in [-0.2, -0.15) is 0 Å². The van der Waals surface area contributed by atoms with Crippen molar-refractivity contribution in [2.45, 2.75) is 25.4 Å². The zero-order chi connectivity index (χ0) is 6.69. The second-order valence-electron chi connectivity index (χ2n) is 2.22. The lowest BCUT2D eigenvalue weighted by atomic mass is 10.2. The van der Waals surface area contributed by atoms with Crippen LogP contribution in [0.3, 0.4) is 0 Å². The SMILES string of the molecule is O=C1CC(O)CCCO1. The third kappa shape index (κ3) is 2.01. The third-order valence-electron chi connectivity index (χ3n) is 1.35. The van der Waals surface area contributed by atoms with Crippen molar-refractivity contribution in [3.63, 3.8) is 0 Å². The number of rotatable bonds is 0. The van der Waals surface area contributed by atoms with Gasteiger partial charge in [-0.15, -0.1) is 0 Å². The normalized spacial score (nSPS) is 29.0. The van der Waals surface area contributed by atoms with E-state index in [1.54, 1.807) is 0 Å². The lowest BCUT2D eigenvalue weighted by Gasteiger charge is -1.99. The van der Waals surface area contributed by atoms with Crippen LogP contribution in [-0.2, 0) is 9.53 Å². The molecule has 1 fully saturated rings. The fourth-order valence-electron chi connectivity index (χ4n) is 0.858. The van der Waals surface area contributed by atoms with Crippen molar-refractivity contribution in [1.82, 2.24) is 0 Å². The van der Waals surface area contributed by atoms with Crippen molar-refractivity contribution < 1.29 is 14.6 Å². The fraction of sp³-hybridized carbons (Fsp3) is 0.833. The molecule has 0 spiro atoms. The van der Waals surface area contributed by atoms with Crippen LogP contribution in [0.1, 0.15) is 19.3 Å². The Labute approximate surface area is 53.6 Å². The van der Waals surface area contributed by atoms with E-state index < -0.39 is 6.10 Å². The van der Waals surface area contributed by atoms with Crippen LogP contribution >= 0.6 is 0 Å². The van der Waals surface area contributed by atoms with E-state index in [0.29, 0.717) is 13.0 Å². The van der Waals surface area contributed by atoms with Crippen molar-refractivity contribution in [3.8, 4) is 0 Å². The van der Waals surface area contributed by atoms with E-state index in [0.717, 1.165) is 6.42 Å². The molecule has 3 nitrogen and oxygen atoms in total. The van der Waals surface area contributed by atoms with Gasteiger partial charge in [0.2, 0.25) is 0 Å². The van der Waals surface area contributed by atoms with E-state index in [4.69, 9.17) is 5.11 Å². The molecule has 52 valence electrons. The summed E-state index contributed by atoms with van der Waals surface area (Å²) >= 11 is 0. The first-order valence-electron chi connectivity index (χ1n) is 3.13. The van der Waals surface area contributed by atoms with Gasteiger partial charge in [-0.1, -0.05) is 0 Å². The van der Waals surface area contributed by atoms with Gasteiger partial charge in [-0.3, -0.25) is 4.79 Å². The molecule has 9 heavy (non-hydrogen) atoms. The van der Waals surface area contributed by atoms with Gasteiger partial charge in [0.1, 0.15) is 0 Å². The third-order valence-corrected chi connectivity index (χ3v) is 1.35. The van der Waals surface area contributed by atoms with E-state index >= 15 is 0 Å². The number of hydrogen-bond donors (Lipinski definition) is 1. The number of hydrogen-bond acceptors (Lipinski definition) is 3. The summed E-state index contributed by atoms with van der Waals surface area (Å²) in [4.78, 5) is 10.5. The maximum absolute atomic E-state index is 10.5. The van der Waals surface area contributed by atoms with Gasteiger partial charge in [0.05, 0.1) is 19.1 Å². The Balaban J connectivity index is 2.37. The molecule has 1 heterocycles. The highest BCUT2D eigenvalue weighted by atomic mass is 16.5. The standard InChI is InChI=1S/C6H10O3/c7-5-2-1-3-9-6(8)4-5/h5,7H,1-4H2. The molecular formula is C6H10O3. The van der Waals surface area contributed by atoms with Gasteiger partial charge in [-0.25, -0.2) is 0 Å². The smallest absolute Gasteiger partial charge is 0.308 e. The van der Waals surface area contributed by atoms with Crippen LogP contribution in [0.25, 0.3) is 0 Å². The highest BCUT2D eigenvalue weighted by molar-refractivity contribution is 5.70. The molecule has 1 rings (SSSR count). The van der Waals surface area contributed by atoms with Gasteiger partial charge >= 0.3 is 5.97 Å². The first-order chi connectivity index (χ1) is 4.29. The summed E-state index contributed by atoms with van der Waals surface area (Å²) < 4.78 is 4.67. The quantitative estimate of drug-likeness (QED) is 0.472. The molecular weight excluding hydrogens is 120 g/mol. The Hall–Kier alpha value is -0.570. The molecule has 0 aromatic heterocycles. The van der Waals surface area contributed by atoms with Crippen LogP contribution in [0.2, 0.25) is 0 Å². The number of aliphatic hydroxyl groups is 1. The molecule has 3 heteroatoms. The summed E-state index contributed by atoms with van der Waals surface area (Å²) in [5, 5.41) is 8.96. The Kier molecular flexibility index (Phi) is 2.05. The van der Waals surface area contributed by atoms with E-state index in [9.17, 15) is 4.79 Å². The number of ether oxygens (including phenoxy) is 1. The molecule has 1 atom stereocenters. The van der Waals surface area contributed by atoms with E-state index in [1.165, 1.54) is 0 Å². The van der Waals surface area contributed by atoms with E-state index in [2.05, 4.69) is 4.74 Å². The molecule has 1 N–H and O–H groups in total. The second-order valence-corrected chi connectivity index (χ2v) is 2.22. The Morgan fingerprint density at radius 2 is 2.44 bits per heavy atom. The lowest BCUT2D eigenvalue weighted by Crippen LogP contribution is -2.10. The summed E-state index contributed by atoms with van der Waals surface area (Å²) in [6.07, 6.45) is 1.17. The average Bonchev–Trinajstić information content (AvgIpc) is 1.93. The molecule has 0 radical (unpaired) electrons. The van der Waals surface area contributed by atoms with E-state index in [1.807, 2.05) is 0 Å². The van der Waals surface area contributed by atoms with Gasteiger partial charge in [0.15, 0.2) is 0 Å². The minimum absolute atomic E-state index is 0.167. The van der Waals surface area contributed by atoms with E-state index in [-0.39, 0.29) is 12.4 Å². The Morgan fingerprint density at radius 1 is 1.67 bits per heavy atom. The number of carbonyl (C=O) groups is 1. The van der Waals surface area contributed by atoms with Crippen LogP contribution in [0.5, 0.6) is 0 Å². The van der Waals surface area contributed by atoms with Crippen molar-refractivity contribution in [2.24, 2.45) is 0 Å². The Bertz CT molecular complexity index is 111. The number of aliphatic hydroxyl groups excluding tert-OH is 1. The Morgan fingerprint density at radius 3 is 3.22 bits per heavy atom. The van der Waals surface area contributed by atoms with Gasteiger partial charge in [-0.05, 0) is 12.8 Å². The summed E-state index contributed by atoms with van der Waals surface area (Å²) in [7, 11) is 0. The first-order valence-corrected chi connectivity index (χ1v) is 3.13. The molecule has 1 aliphatic heterocycles. The second kappa shape index (κ2) is 2.82. The number of cyclic esters (lactones) is 1. The maximum Gasteiger partial charge on any atom is 0.308 e. The molecule has 1 aliphatic rings. The maximum atomic E-state index is 10.5. The molecule has 1 unspecified atom stereocenters. The molecule has 0 amide bonds. The van der Waals surface area contributed by atoms with Gasteiger partial charge in [0, 0.05) is 0 Å². The molecule has 0 saturated carbocycles. The van der Waals surface area contributed by atoms with Crippen LogP contribution < -0.4 is 0 Å². The van der Waals surface area contributed by atoms with Gasteiger partial charge in [0.25, 0.3) is 0 Å². The average molecular weight is 130 g/mol. The van der Waals surface area contributed by atoms with Crippen LogP contribution in [0, 0.1) is 0 Å². The van der Waals surface area contributed by atoms with Crippen LogP contribution in [0.15, 0.2) is 0 Å². The zero-order valence-corrected chi connectivity index (χ0v) is 5.17. The first kappa shape index (κ1) is 6.55. The van der Waals surface area contributed by atoms with Crippen molar-refractivity contribution in [2.75, 3.05) is 6.61 Å². The van der Waals surface area contributed by atoms with Crippen molar-refractivity contribution >= 4 is 5.97 Å². The summed E-state index contributed by atoms with van der Waals surface area (Å²) in [5.41, 5.74) is 0. The highest BCUT2D eigenvalue weighted by Gasteiger charge is 2.15. The predicted molar refractivity (Wildman–Crippen MR) is 30.8 cm³/mol. The topological polar surface area (TPSA) is 46.5 Å². The highest BCUT2D eigenvalue weighted by Crippen LogP contribution is 2.07. The van der Waals surface area contributed by atoms with Crippen LogP contribution in [-0.4, -0.2) is 23.8 Å². The predicted octanol–water partition coefficient (Wildman–Crippen LogP) is 0.0744. The molecule has 0 aliphatic carbocycles. The largest absolute Gasteiger partial charge is 0.466 e. The minimum Gasteiger partial charge on any atom is -0.466 e. The van der Waals surface area contributed by atoms with Crippen LogP contribution in [0.4, 0.5) is 0 Å². The lowest BCUT2D eigenvalue weighted by molar-refractivity contribution is -0.143. The summed E-state index contributed by atoms with van der Waals surface area (Å²) in [6, 6.07) is 0. The summed E-state index contributed by atoms with van der Waals surface area (Å²) in [6.45, 7) is 0.468. The number of carbonyl (C=O) groups excluding carboxylic acids is 1. The van der Waals surface area contributed by atoms with Gasteiger partial charge < -0.3 is 9.84 Å². The minimum atomic E-state index is -0.472. The van der Waals surface area contributed by atoms with Crippen molar-refractivity contribution in [1.29, 1.82) is 0 Å². The monoisotopic (exact) mass is 130 g/mol. The zero-order valence-electron chi connectivity index (χ0n) is 5.17. The number of esters is 1. The molecule has 0 bridgehead atoms. The molecule has 0 aromatic carbocycles. The fourth-order valence-corrected chi connectivity index (χ4v) is 0.858. The molecule has 1 saturated heterocycles. The summed E-state index contributed by atoms with van der Waals surface area (Å²) in [5.74, 6) is -0.278. The molecule has 0 aromatic rings. The van der Waals surface area contributed by atoms with Crippen molar-refractivity contribution in [3.05, 3.63) is 0 Å².